The standard InChI is InChI=1S/C38H45ClF3N9O3/c1-43-34-27(38(40,41)42)18-23(19-28(34)39)20-30(35(52)49-16-14-48(15-17-49)32-22-47-10-6-24(32)7-11-47)45-36(53)50-12-8-25(9-13-50)51-31-21-44-29-5-3-2-4-26(29)33(31)46-37(51)54/h2-5,18-19,21,24-25,30,32,43H,6-17,20,22H2,1H3,(H,45,53)(H,46,54)/t30-,32?/m1/s1. The van der Waals surface area contributed by atoms with Gasteiger partial charge in [-0.1, -0.05) is 29.8 Å². The third-order valence-corrected chi connectivity index (χ3v) is 12.3. The lowest BCUT2D eigenvalue weighted by Gasteiger charge is -2.51. The van der Waals surface area contributed by atoms with Crippen molar-refractivity contribution >= 4 is 51.2 Å². The van der Waals surface area contributed by atoms with Crippen molar-refractivity contribution < 1.29 is 22.8 Å². The number of urea groups is 1. The molecule has 1 unspecified atom stereocenters. The van der Waals surface area contributed by atoms with Crippen LogP contribution in [0.3, 0.4) is 0 Å². The minimum absolute atomic E-state index is 0.122. The van der Waals surface area contributed by atoms with Crippen molar-refractivity contribution in [1.29, 1.82) is 0 Å². The highest BCUT2D eigenvalue weighted by molar-refractivity contribution is 6.33. The van der Waals surface area contributed by atoms with Crippen LogP contribution in [0.2, 0.25) is 5.02 Å². The van der Waals surface area contributed by atoms with Gasteiger partial charge in [-0.15, -0.1) is 0 Å². The van der Waals surface area contributed by atoms with E-state index in [9.17, 15) is 27.6 Å². The number of imidazole rings is 1. The zero-order chi connectivity index (χ0) is 37.7. The molecule has 0 radical (unpaired) electrons. The number of hydrogen-bond donors (Lipinski definition) is 3. The molecule has 0 saturated carbocycles. The Labute approximate surface area is 315 Å². The predicted octanol–water partition coefficient (Wildman–Crippen LogP) is 4.79. The van der Waals surface area contributed by atoms with E-state index in [1.165, 1.54) is 26.0 Å². The number of aromatic amines is 1. The molecular weight excluding hydrogens is 723 g/mol. The zero-order valence-electron chi connectivity index (χ0n) is 30.2. The second-order valence-electron chi connectivity index (χ2n) is 15.1. The smallest absolute Gasteiger partial charge is 0.386 e. The Morgan fingerprint density at radius 3 is 2.37 bits per heavy atom. The van der Waals surface area contributed by atoms with E-state index in [1.54, 1.807) is 20.6 Å². The van der Waals surface area contributed by atoms with Crippen LogP contribution >= 0.6 is 11.6 Å². The fraction of sp³-hybridized carbons (Fsp3) is 0.526. The maximum absolute atomic E-state index is 14.2. The normalized spacial score (nSPS) is 23.2. The lowest BCUT2D eigenvalue weighted by atomic mass is 9.83. The number of carbonyl (C=O) groups excluding carboxylic acids is 2. The molecule has 0 aliphatic carbocycles. The molecule has 2 atom stereocenters. The third-order valence-electron chi connectivity index (χ3n) is 12.0. The number of pyridine rings is 1. The summed E-state index contributed by atoms with van der Waals surface area (Å²) in [6.45, 7) is 6.31. The molecule has 4 aromatic rings. The van der Waals surface area contributed by atoms with Crippen molar-refractivity contribution in [1.82, 2.24) is 39.5 Å². The molecule has 5 aliphatic heterocycles. The van der Waals surface area contributed by atoms with Gasteiger partial charge in [0.2, 0.25) is 5.91 Å². The lowest BCUT2D eigenvalue weighted by Crippen LogP contribution is -2.63. The average molecular weight is 768 g/mol. The van der Waals surface area contributed by atoms with Crippen LogP contribution in [0.4, 0.5) is 23.7 Å². The molecule has 2 aromatic heterocycles. The Balaban J connectivity index is 0.983. The van der Waals surface area contributed by atoms with Gasteiger partial charge >= 0.3 is 17.9 Å². The molecule has 2 aromatic carbocycles. The van der Waals surface area contributed by atoms with Crippen LogP contribution in [0.25, 0.3) is 21.9 Å². The Bertz CT molecular complexity index is 2100. The van der Waals surface area contributed by atoms with Crippen molar-refractivity contribution in [2.75, 3.05) is 71.3 Å². The number of rotatable bonds is 7. The number of aromatic nitrogens is 3. The first-order valence-electron chi connectivity index (χ1n) is 18.8. The second-order valence-corrected chi connectivity index (χ2v) is 15.5. The summed E-state index contributed by atoms with van der Waals surface area (Å²) in [6, 6.07) is 8.69. The van der Waals surface area contributed by atoms with Gasteiger partial charge in [-0.2, -0.15) is 13.2 Å². The lowest BCUT2D eigenvalue weighted by molar-refractivity contribution is -0.137. The molecule has 0 spiro atoms. The summed E-state index contributed by atoms with van der Waals surface area (Å²) >= 11 is 6.34. The van der Waals surface area contributed by atoms with Crippen LogP contribution in [0.5, 0.6) is 0 Å². The summed E-state index contributed by atoms with van der Waals surface area (Å²) in [5, 5.41) is 6.16. The topological polar surface area (TPSA) is 122 Å². The van der Waals surface area contributed by atoms with Gasteiger partial charge in [0, 0.05) is 76.8 Å². The molecule has 288 valence electrons. The van der Waals surface area contributed by atoms with Gasteiger partial charge in [0.25, 0.3) is 0 Å². The monoisotopic (exact) mass is 767 g/mol. The van der Waals surface area contributed by atoms with Crippen LogP contribution in [0.15, 0.2) is 47.4 Å². The summed E-state index contributed by atoms with van der Waals surface area (Å²) in [5.41, 5.74) is 0.954. The van der Waals surface area contributed by atoms with Crippen molar-refractivity contribution in [3.63, 3.8) is 0 Å². The van der Waals surface area contributed by atoms with Crippen LogP contribution in [0.1, 0.15) is 42.9 Å². The minimum atomic E-state index is -4.69. The molecule has 5 fully saturated rings. The number of nitrogens with zero attached hydrogens (tertiary/aromatic N) is 6. The summed E-state index contributed by atoms with van der Waals surface area (Å²) in [4.78, 5) is 57.1. The van der Waals surface area contributed by atoms with Gasteiger partial charge in [0.15, 0.2) is 0 Å². The van der Waals surface area contributed by atoms with E-state index in [0.29, 0.717) is 75.1 Å². The first-order valence-corrected chi connectivity index (χ1v) is 19.2. The zero-order valence-corrected chi connectivity index (χ0v) is 30.9. The molecular formula is C38H45ClF3N9O3. The molecule has 2 bridgehead atoms. The fourth-order valence-electron chi connectivity index (χ4n) is 9.19. The van der Waals surface area contributed by atoms with Crippen molar-refractivity contribution in [2.24, 2.45) is 5.92 Å². The van der Waals surface area contributed by atoms with Crippen molar-refractivity contribution in [3.05, 3.63) is 69.2 Å². The Morgan fingerprint density at radius 2 is 1.70 bits per heavy atom. The van der Waals surface area contributed by atoms with E-state index in [1.807, 2.05) is 24.3 Å². The number of nitrogens with one attached hydrogen (secondary N) is 3. The molecule has 3 N–H and O–H groups in total. The van der Waals surface area contributed by atoms with Crippen LogP contribution in [-0.2, 0) is 17.4 Å². The SMILES string of the molecule is CNc1c(Cl)cc(C[C@@H](NC(=O)N2CCC(n3c(=O)[nH]c4c5ccccc5ncc43)CC2)C(=O)N2CCN(C3CN4CCC3CC4)CC2)cc1C(F)(F)F. The number of fused-ring (bicyclic) bond motifs is 6. The fourth-order valence-corrected chi connectivity index (χ4v) is 9.52. The maximum atomic E-state index is 14.2. The summed E-state index contributed by atoms with van der Waals surface area (Å²) < 4.78 is 44.0. The third kappa shape index (κ3) is 7.01. The number of piperidine rings is 4. The van der Waals surface area contributed by atoms with E-state index in [0.717, 1.165) is 36.6 Å². The second kappa shape index (κ2) is 14.7. The molecule has 9 rings (SSSR count). The number of alkyl halides is 3. The Morgan fingerprint density at radius 1 is 0.981 bits per heavy atom. The number of para-hydroxylation sites is 1. The van der Waals surface area contributed by atoms with Crippen molar-refractivity contribution in [2.45, 2.75) is 56.4 Å². The van der Waals surface area contributed by atoms with E-state index in [-0.39, 0.29) is 40.3 Å². The highest BCUT2D eigenvalue weighted by atomic mass is 35.5. The van der Waals surface area contributed by atoms with Crippen molar-refractivity contribution in [3.8, 4) is 0 Å². The number of carbonyl (C=O) groups is 2. The highest BCUT2D eigenvalue weighted by Gasteiger charge is 2.40. The molecule has 5 saturated heterocycles. The van der Waals surface area contributed by atoms with Gasteiger partial charge in [-0.3, -0.25) is 19.2 Å². The number of amides is 3. The van der Waals surface area contributed by atoms with Gasteiger partial charge in [0.05, 0.1) is 39.0 Å². The highest BCUT2D eigenvalue weighted by Crippen LogP contribution is 2.40. The largest absolute Gasteiger partial charge is 0.418 e. The number of halogens is 4. The summed E-state index contributed by atoms with van der Waals surface area (Å²) in [7, 11) is 1.37. The Hall–Kier alpha value is -4.34. The van der Waals surface area contributed by atoms with E-state index >= 15 is 0 Å². The first kappa shape index (κ1) is 36.6. The first-order chi connectivity index (χ1) is 26.0. The predicted molar refractivity (Wildman–Crippen MR) is 201 cm³/mol. The average Bonchev–Trinajstić information content (AvgIpc) is 3.53. The van der Waals surface area contributed by atoms with Gasteiger partial charge in [-0.05, 0) is 68.5 Å². The van der Waals surface area contributed by atoms with Gasteiger partial charge in [0.1, 0.15) is 6.04 Å². The number of benzene rings is 2. The minimum Gasteiger partial charge on any atom is -0.386 e. The summed E-state index contributed by atoms with van der Waals surface area (Å²) in [5.74, 6) is 0.326. The molecule has 5 aliphatic rings. The van der Waals surface area contributed by atoms with E-state index in [2.05, 4.69) is 30.4 Å². The quantitative estimate of drug-likeness (QED) is 0.248. The molecule has 54 heavy (non-hydrogen) atoms. The number of likely N-dealkylation sites (tertiary alicyclic amines) is 1. The number of H-pyrrole nitrogens is 1. The van der Waals surface area contributed by atoms with Crippen LogP contribution < -0.4 is 16.3 Å². The molecule has 16 heteroatoms. The summed E-state index contributed by atoms with van der Waals surface area (Å²) in [6.07, 6.45) is 0.202. The van der Waals surface area contributed by atoms with Crippen LogP contribution in [0, 0.1) is 5.92 Å². The molecule has 12 nitrogen and oxygen atoms in total. The molecule has 3 amide bonds. The number of piperazine rings is 1. The maximum Gasteiger partial charge on any atom is 0.418 e. The van der Waals surface area contributed by atoms with Gasteiger partial charge < -0.3 is 30.3 Å². The number of anilines is 1. The van der Waals surface area contributed by atoms with E-state index in [4.69, 9.17) is 11.6 Å². The number of hydrogen-bond acceptors (Lipinski definition) is 7. The Kier molecular flexibility index (Phi) is 9.98. The molecule has 7 heterocycles. The van der Waals surface area contributed by atoms with Gasteiger partial charge in [-0.25, -0.2) is 9.59 Å². The van der Waals surface area contributed by atoms with Crippen LogP contribution in [-0.4, -0.2) is 124 Å². The van der Waals surface area contributed by atoms with E-state index < -0.39 is 23.8 Å².